The molecule has 4 nitrogen and oxygen atoms in total. The van der Waals surface area contributed by atoms with Crippen LogP contribution in [0.4, 0.5) is 13.2 Å². The van der Waals surface area contributed by atoms with E-state index in [0.717, 1.165) is 23.1 Å². The fourth-order valence-electron chi connectivity index (χ4n) is 2.39. The molecule has 0 N–H and O–H groups in total. The number of benzene rings is 1. The van der Waals surface area contributed by atoms with Gasteiger partial charge in [-0.3, -0.25) is 0 Å². The number of aromatic nitrogens is 3. The topological polar surface area (TPSA) is 39.9 Å². The van der Waals surface area contributed by atoms with Crippen LogP contribution < -0.4 is 4.74 Å². The Hall–Kier alpha value is -1.70. The Bertz CT molecular complexity index is 698. The Morgan fingerprint density at radius 3 is 2.75 bits per heavy atom. The average molecular weight is 357 g/mol. The molecule has 0 bridgehead atoms. The van der Waals surface area contributed by atoms with Crippen molar-refractivity contribution in [2.24, 2.45) is 0 Å². The summed E-state index contributed by atoms with van der Waals surface area (Å²) in [5.74, 6) is 2.40. The van der Waals surface area contributed by atoms with Crippen LogP contribution in [0.25, 0.3) is 0 Å². The third-order valence-electron chi connectivity index (χ3n) is 3.67. The van der Waals surface area contributed by atoms with Crippen molar-refractivity contribution in [3.05, 3.63) is 35.7 Å². The van der Waals surface area contributed by atoms with Crippen molar-refractivity contribution in [1.82, 2.24) is 14.8 Å². The van der Waals surface area contributed by atoms with Crippen molar-refractivity contribution >= 4 is 11.8 Å². The third-order valence-corrected chi connectivity index (χ3v) is 4.71. The molecule has 0 amide bonds. The molecule has 1 aromatic heterocycles. The summed E-state index contributed by atoms with van der Waals surface area (Å²) >= 11 is 1.53. The van der Waals surface area contributed by atoms with Gasteiger partial charge in [-0.25, -0.2) is 0 Å². The van der Waals surface area contributed by atoms with Crippen LogP contribution in [0, 0.1) is 0 Å². The van der Waals surface area contributed by atoms with Gasteiger partial charge >= 0.3 is 6.18 Å². The molecule has 0 radical (unpaired) electrons. The monoisotopic (exact) mass is 357 g/mol. The van der Waals surface area contributed by atoms with E-state index in [1.807, 2.05) is 6.07 Å². The number of hydrogen-bond donors (Lipinski definition) is 0. The van der Waals surface area contributed by atoms with Crippen molar-refractivity contribution in [2.45, 2.75) is 49.3 Å². The lowest BCUT2D eigenvalue weighted by atomic mass is 10.2. The maximum absolute atomic E-state index is 12.2. The minimum atomic E-state index is -4.33. The number of thioether (sulfide) groups is 1. The van der Waals surface area contributed by atoms with E-state index in [-0.39, 0.29) is 5.75 Å². The molecule has 0 saturated heterocycles. The van der Waals surface area contributed by atoms with Crippen LogP contribution in [0.15, 0.2) is 29.4 Å². The van der Waals surface area contributed by atoms with Crippen LogP contribution in [0.5, 0.6) is 5.75 Å². The second-order valence-corrected chi connectivity index (χ2v) is 6.64. The number of alkyl halides is 3. The second kappa shape index (κ2) is 7.04. The van der Waals surface area contributed by atoms with E-state index in [2.05, 4.69) is 21.7 Å². The number of ether oxygens (including phenoxy) is 1. The van der Waals surface area contributed by atoms with E-state index in [1.165, 1.54) is 30.7 Å². The summed E-state index contributed by atoms with van der Waals surface area (Å²) in [5.41, 5.74) is 0.887. The summed E-state index contributed by atoms with van der Waals surface area (Å²) in [7, 11) is 0. The van der Waals surface area contributed by atoms with Gasteiger partial charge in [0.05, 0.1) is 0 Å². The summed E-state index contributed by atoms with van der Waals surface area (Å²) in [5, 5.41) is 9.38. The molecule has 1 aromatic carbocycles. The molecule has 24 heavy (non-hydrogen) atoms. The standard InChI is InChI=1S/C16H18F3N3OS/c1-2-22-14(12-6-7-12)20-21-15(22)24-9-11-4-3-5-13(8-11)23-10-16(17,18)19/h3-5,8,12H,2,6-7,9-10H2,1H3. The van der Waals surface area contributed by atoms with Crippen LogP contribution in [-0.4, -0.2) is 27.5 Å². The molecule has 2 aromatic rings. The van der Waals surface area contributed by atoms with Gasteiger partial charge in [0, 0.05) is 18.2 Å². The van der Waals surface area contributed by atoms with Gasteiger partial charge in [-0.05, 0) is 37.5 Å². The van der Waals surface area contributed by atoms with E-state index >= 15 is 0 Å². The zero-order valence-corrected chi connectivity index (χ0v) is 14.0. The van der Waals surface area contributed by atoms with Gasteiger partial charge < -0.3 is 9.30 Å². The predicted octanol–water partition coefficient (Wildman–Crippen LogP) is 4.41. The molecule has 1 fully saturated rings. The van der Waals surface area contributed by atoms with Gasteiger partial charge in [0.1, 0.15) is 11.6 Å². The van der Waals surface area contributed by atoms with Crippen LogP contribution in [0.2, 0.25) is 0 Å². The van der Waals surface area contributed by atoms with Gasteiger partial charge in [-0.15, -0.1) is 10.2 Å². The molecule has 1 aliphatic carbocycles. The summed E-state index contributed by atoms with van der Waals surface area (Å²) in [6.07, 6.45) is -2.00. The van der Waals surface area contributed by atoms with E-state index in [1.54, 1.807) is 12.1 Å². The van der Waals surface area contributed by atoms with Gasteiger partial charge in [-0.1, -0.05) is 23.9 Å². The molecular weight excluding hydrogens is 339 g/mol. The number of nitrogens with zero attached hydrogens (tertiary/aromatic N) is 3. The zero-order chi connectivity index (χ0) is 17.2. The largest absolute Gasteiger partial charge is 0.484 e. The fourth-order valence-corrected chi connectivity index (χ4v) is 3.34. The second-order valence-electron chi connectivity index (χ2n) is 5.70. The highest BCUT2D eigenvalue weighted by Gasteiger charge is 2.30. The van der Waals surface area contributed by atoms with Gasteiger partial charge in [-0.2, -0.15) is 13.2 Å². The molecule has 0 spiro atoms. The first-order valence-corrected chi connectivity index (χ1v) is 8.79. The molecule has 1 heterocycles. The summed E-state index contributed by atoms with van der Waals surface area (Å²) in [6, 6.07) is 6.72. The Balaban J connectivity index is 1.62. The molecule has 8 heteroatoms. The summed E-state index contributed by atoms with van der Waals surface area (Å²) < 4.78 is 43.6. The van der Waals surface area contributed by atoms with Crippen molar-refractivity contribution < 1.29 is 17.9 Å². The molecule has 0 aliphatic heterocycles. The molecule has 3 rings (SSSR count). The van der Waals surface area contributed by atoms with E-state index in [9.17, 15) is 13.2 Å². The first-order chi connectivity index (χ1) is 11.5. The summed E-state index contributed by atoms with van der Waals surface area (Å²) in [6.45, 7) is 1.60. The first kappa shape index (κ1) is 17.1. The highest BCUT2D eigenvalue weighted by molar-refractivity contribution is 7.98. The van der Waals surface area contributed by atoms with Gasteiger partial charge in [0.2, 0.25) is 0 Å². The lowest BCUT2D eigenvalue weighted by Crippen LogP contribution is -2.19. The lowest BCUT2D eigenvalue weighted by Gasteiger charge is -2.10. The quantitative estimate of drug-likeness (QED) is 0.688. The predicted molar refractivity (Wildman–Crippen MR) is 85.2 cm³/mol. The van der Waals surface area contributed by atoms with Crippen molar-refractivity contribution in [3.8, 4) is 5.75 Å². The molecular formula is C16H18F3N3OS. The van der Waals surface area contributed by atoms with E-state index < -0.39 is 12.8 Å². The van der Waals surface area contributed by atoms with E-state index in [0.29, 0.717) is 11.7 Å². The number of rotatable bonds is 7. The van der Waals surface area contributed by atoms with Crippen molar-refractivity contribution in [1.29, 1.82) is 0 Å². The smallest absolute Gasteiger partial charge is 0.422 e. The zero-order valence-electron chi connectivity index (χ0n) is 13.2. The maximum Gasteiger partial charge on any atom is 0.422 e. The lowest BCUT2D eigenvalue weighted by molar-refractivity contribution is -0.153. The van der Waals surface area contributed by atoms with Gasteiger partial charge in [0.15, 0.2) is 11.8 Å². The Labute approximate surface area is 142 Å². The molecule has 0 atom stereocenters. The highest BCUT2D eigenvalue weighted by atomic mass is 32.2. The van der Waals surface area contributed by atoms with Crippen LogP contribution in [-0.2, 0) is 12.3 Å². The number of halogens is 3. The highest BCUT2D eigenvalue weighted by Crippen LogP contribution is 2.40. The normalized spacial score (nSPS) is 14.8. The summed E-state index contributed by atoms with van der Waals surface area (Å²) in [4.78, 5) is 0. The first-order valence-electron chi connectivity index (χ1n) is 7.80. The van der Waals surface area contributed by atoms with Crippen molar-refractivity contribution in [2.75, 3.05) is 6.61 Å². The average Bonchev–Trinajstić information content (AvgIpc) is 3.31. The van der Waals surface area contributed by atoms with Gasteiger partial charge in [0.25, 0.3) is 0 Å². The Kier molecular flexibility index (Phi) is 5.03. The molecule has 1 aliphatic rings. The van der Waals surface area contributed by atoms with E-state index in [4.69, 9.17) is 4.74 Å². The SMILES string of the molecule is CCn1c(SCc2cccc(OCC(F)(F)F)c2)nnc1C1CC1. The maximum atomic E-state index is 12.2. The Morgan fingerprint density at radius 1 is 1.29 bits per heavy atom. The minimum Gasteiger partial charge on any atom is -0.484 e. The molecule has 130 valence electrons. The van der Waals surface area contributed by atoms with Crippen LogP contribution in [0.1, 0.15) is 37.1 Å². The fraction of sp³-hybridized carbons (Fsp3) is 0.500. The molecule has 1 saturated carbocycles. The number of hydrogen-bond acceptors (Lipinski definition) is 4. The van der Waals surface area contributed by atoms with Crippen LogP contribution in [0.3, 0.4) is 0 Å². The Morgan fingerprint density at radius 2 is 2.08 bits per heavy atom. The molecule has 0 unspecified atom stereocenters. The minimum absolute atomic E-state index is 0.223. The van der Waals surface area contributed by atoms with Crippen LogP contribution >= 0.6 is 11.8 Å². The third kappa shape index (κ3) is 4.43. The van der Waals surface area contributed by atoms with Crippen molar-refractivity contribution in [3.63, 3.8) is 0 Å².